The standard InChI is InChI=1S/C11H17Cl2N3O/c1-7(2)4-3-5-17-11-9(13)6-8(12)10(15-11)16-14/h6-7H,3-5,14H2,1-2H3,(H,15,16). The zero-order valence-corrected chi connectivity index (χ0v) is 11.5. The van der Waals surface area contributed by atoms with Gasteiger partial charge >= 0.3 is 0 Å². The maximum atomic E-state index is 5.96. The van der Waals surface area contributed by atoms with E-state index in [1.54, 1.807) is 6.07 Å². The van der Waals surface area contributed by atoms with Crippen LogP contribution in [0.4, 0.5) is 5.82 Å². The van der Waals surface area contributed by atoms with Gasteiger partial charge in [-0.25, -0.2) is 5.84 Å². The lowest BCUT2D eigenvalue weighted by molar-refractivity contribution is 0.288. The van der Waals surface area contributed by atoms with E-state index in [0.29, 0.717) is 34.3 Å². The third-order valence-corrected chi connectivity index (χ3v) is 2.76. The van der Waals surface area contributed by atoms with Crippen LogP contribution >= 0.6 is 23.2 Å². The van der Waals surface area contributed by atoms with Crippen molar-refractivity contribution < 1.29 is 4.74 Å². The van der Waals surface area contributed by atoms with Crippen LogP contribution in [0.15, 0.2) is 6.07 Å². The van der Waals surface area contributed by atoms with E-state index >= 15 is 0 Å². The van der Waals surface area contributed by atoms with Crippen LogP contribution in [-0.2, 0) is 0 Å². The molecule has 0 aliphatic carbocycles. The highest BCUT2D eigenvalue weighted by Gasteiger charge is 2.09. The summed E-state index contributed by atoms with van der Waals surface area (Å²) in [5.74, 6) is 6.64. The molecule has 0 aliphatic heterocycles. The first-order valence-corrected chi connectivity index (χ1v) is 6.25. The first-order chi connectivity index (χ1) is 8.04. The van der Waals surface area contributed by atoms with Gasteiger partial charge in [0.15, 0.2) is 5.82 Å². The molecule has 96 valence electrons. The number of rotatable bonds is 6. The number of anilines is 1. The zero-order chi connectivity index (χ0) is 12.8. The number of nitrogens with zero attached hydrogens (tertiary/aromatic N) is 1. The average molecular weight is 278 g/mol. The normalized spacial score (nSPS) is 10.7. The summed E-state index contributed by atoms with van der Waals surface area (Å²) in [6, 6.07) is 1.56. The van der Waals surface area contributed by atoms with Crippen LogP contribution in [0.25, 0.3) is 0 Å². The Morgan fingerprint density at radius 1 is 1.41 bits per heavy atom. The van der Waals surface area contributed by atoms with Crippen molar-refractivity contribution in [2.24, 2.45) is 11.8 Å². The van der Waals surface area contributed by atoms with E-state index in [1.165, 1.54) is 0 Å². The quantitative estimate of drug-likeness (QED) is 0.475. The lowest BCUT2D eigenvalue weighted by Crippen LogP contribution is -2.10. The molecule has 0 fully saturated rings. The summed E-state index contributed by atoms with van der Waals surface area (Å²) in [7, 11) is 0. The molecule has 1 rings (SSSR count). The van der Waals surface area contributed by atoms with Gasteiger partial charge in [0.1, 0.15) is 5.02 Å². The van der Waals surface area contributed by atoms with E-state index in [1.807, 2.05) is 0 Å². The lowest BCUT2D eigenvalue weighted by Gasteiger charge is -2.10. The number of nitrogen functional groups attached to an aromatic ring is 1. The Hall–Kier alpha value is -0.710. The smallest absolute Gasteiger partial charge is 0.234 e. The Labute approximate surface area is 111 Å². The second-order valence-electron chi connectivity index (χ2n) is 4.13. The van der Waals surface area contributed by atoms with Gasteiger partial charge in [0, 0.05) is 0 Å². The van der Waals surface area contributed by atoms with E-state index in [0.717, 1.165) is 12.8 Å². The molecule has 0 radical (unpaired) electrons. The van der Waals surface area contributed by atoms with Crippen molar-refractivity contribution >= 4 is 29.0 Å². The molecule has 0 unspecified atom stereocenters. The molecule has 3 N–H and O–H groups in total. The van der Waals surface area contributed by atoms with Gasteiger partial charge in [-0.05, 0) is 24.8 Å². The van der Waals surface area contributed by atoms with Gasteiger partial charge in [-0.15, -0.1) is 0 Å². The van der Waals surface area contributed by atoms with Crippen LogP contribution in [0.2, 0.25) is 10.0 Å². The number of nitrogens with one attached hydrogen (secondary N) is 1. The minimum Gasteiger partial charge on any atom is -0.477 e. The fraction of sp³-hybridized carbons (Fsp3) is 0.545. The van der Waals surface area contributed by atoms with Crippen molar-refractivity contribution in [1.29, 1.82) is 0 Å². The molecule has 0 spiro atoms. The first-order valence-electron chi connectivity index (χ1n) is 5.50. The SMILES string of the molecule is CC(C)CCCOc1nc(NN)c(Cl)cc1Cl. The number of halogens is 2. The monoisotopic (exact) mass is 277 g/mol. The van der Waals surface area contributed by atoms with Gasteiger partial charge in [0.25, 0.3) is 0 Å². The molecule has 0 bridgehead atoms. The fourth-order valence-corrected chi connectivity index (χ4v) is 1.78. The van der Waals surface area contributed by atoms with Gasteiger partial charge in [0.2, 0.25) is 5.88 Å². The van der Waals surface area contributed by atoms with Gasteiger partial charge in [-0.1, -0.05) is 37.0 Å². The van der Waals surface area contributed by atoms with Crippen molar-refractivity contribution in [2.45, 2.75) is 26.7 Å². The highest BCUT2D eigenvalue weighted by molar-refractivity contribution is 6.36. The highest BCUT2D eigenvalue weighted by Crippen LogP contribution is 2.30. The van der Waals surface area contributed by atoms with Crippen LogP contribution in [-0.4, -0.2) is 11.6 Å². The van der Waals surface area contributed by atoms with E-state index in [2.05, 4.69) is 24.3 Å². The number of hydrogen-bond donors (Lipinski definition) is 2. The summed E-state index contributed by atoms with van der Waals surface area (Å²) >= 11 is 11.8. The Morgan fingerprint density at radius 2 is 2.12 bits per heavy atom. The van der Waals surface area contributed by atoms with Crippen molar-refractivity contribution in [1.82, 2.24) is 4.98 Å². The highest BCUT2D eigenvalue weighted by atomic mass is 35.5. The summed E-state index contributed by atoms with van der Waals surface area (Å²) in [6.07, 6.45) is 2.07. The molecule has 6 heteroatoms. The third kappa shape index (κ3) is 4.58. The number of nitrogens with two attached hydrogens (primary N) is 1. The number of aromatic nitrogens is 1. The van der Waals surface area contributed by atoms with Crippen LogP contribution in [0.3, 0.4) is 0 Å². The van der Waals surface area contributed by atoms with Crippen molar-refractivity contribution in [3.05, 3.63) is 16.1 Å². The minimum absolute atomic E-state index is 0.354. The molecule has 1 aromatic heterocycles. The molecule has 17 heavy (non-hydrogen) atoms. The molecular weight excluding hydrogens is 261 g/mol. The molecule has 0 amide bonds. The van der Waals surface area contributed by atoms with Crippen LogP contribution in [0.1, 0.15) is 26.7 Å². The summed E-state index contributed by atoms with van der Waals surface area (Å²) in [4.78, 5) is 4.08. The Balaban J connectivity index is 2.58. The molecule has 4 nitrogen and oxygen atoms in total. The largest absolute Gasteiger partial charge is 0.477 e. The molecule has 0 atom stereocenters. The molecular formula is C11H17Cl2N3O. The van der Waals surface area contributed by atoms with Crippen molar-refractivity contribution in [3.63, 3.8) is 0 Å². The molecule has 0 aromatic carbocycles. The summed E-state index contributed by atoms with van der Waals surface area (Å²) in [5.41, 5.74) is 2.39. The third-order valence-electron chi connectivity index (χ3n) is 2.20. The van der Waals surface area contributed by atoms with Gasteiger partial charge in [0.05, 0.1) is 11.6 Å². The predicted molar refractivity (Wildman–Crippen MR) is 71.6 cm³/mol. The molecule has 1 heterocycles. The number of hydrazine groups is 1. The average Bonchev–Trinajstić information content (AvgIpc) is 2.26. The summed E-state index contributed by atoms with van der Waals surface area (Å²) < 4.78 is 5.49. The molecule has 1 aromatic rings. The second kappa shape index (κ2) is 6.89. The summed E-state index contributed by atoms with van der Waals surface area (Å²) in [6.45, 7) is 4.92. The Kier molecular flexibility index (Phi) is 5.82. The van der Waals surface area contributed by atoms with E-state index in [9.17, 15) is 0 Å². The number of pyridine rings is 1. The Bertz CT molecular complexity index is 372. The maximum absolute atomic E-state index is 5.96. The van der Waals surface area contributed by atoms with E-state index < -0.39 is 0 Å². The molecule has 0 saturated heterocycles. The molecule has 0 aliphatic rings. The van der Waals surface area contributed by atoms with Gasteiger partial charge in [-0.3, -0.25) is 0 Å². The van der Waals surface area contributed by atoms with E-state index in [4.69, 9.17) is 33.8 Å². The summed E-state index contributed by atoms with van der Waals surface area (Å²) in [5, 5.41) is 0.755. The second-order valence-corrected chi connectivity index (χ2v) is 4.95. The topological polar surface area (TPSA) is 60.2 Å². The van der Waals surface area contributed by atoms with Crippen LogP contribution in [0.5, 0.6) is 5.88 Å². The van der Waals surface area contributed by atoms with Crippen LogP contribution in [0, 0.1) is 5.92 Å². The minimum atomic E-state index is 0.354. The van der Waals surface area contributed by atoms with E-state index in [-0.39, 0.29) is 0 Å². The number of hydrogen-bond acceptors (Lipinski definition) is 4. The van der Waals surface area contributed by atoms with Crippen LogP contribution < -0.4 is 16.0 Å². The molecule has 0 saturated carbocycles. The zero-order valence-electron chi connectivity index (χ0n) is 9.96. The van der Waals surface area contributed by atoms with Gasteiger partial charge < -0.3 is 10.2 Å². The lowest BCUT2D eigenvalue weighted by atomic mass is 10.1. The number of ether oxygens (including phenoxy) is 1. The fourth-order valence-electron chi connectivity index (χ4n) is 1.31. The van der Waals surface area contributed by atoms with Crippen molar-refractivity contribution in [2.75, 3.05) is 12.0 Å². The van der Waals surface area contributed by atoms with Gasteiger partial charge in [-0.2, -0.15) is 4.98 Å². The Morgan fingerprint density at radius 3 is 2.71 bits per heavy atom. The first kappa shape index (κ1) is 14.4. The van der Waals surface area contributed by atoms with Crippen molar-refractivity contribution in [3.8, 4) is 5.88 Å². The predicted octanol–water partition coefficient (Wildman–Crippen LogP) is 3.49. The maximum Gasteiger partial charge on any atom is 0.234 e.